The molecule has 0 saturated carbocycles. The van der Waals surface area contributed by atoms with Crippen molar-refractivity contribution >= 4 is 5.97 Å². The average Bonchev–Trinajstić information content (AvgIpc) is 2.33. The Labute approximate surface area is 65.3 Å². The van der Waals surface area contributed by atoms with Crippen molar-refractivity contribution in [3.8, 4) is 0 Å². The van der Waals surface area contributed by atoms with Gasteiger partial charge in [0.2, 0.25) is 0 Å². The summed E-state index contributed by atoms with van der Waals surface area (Å²) < 4.78 is 5.16. The number of rotatable bonds is 2. The molecule has 0 radical (unpaired) electrons. The summed E-state index contributed by atoms with van der Waals surface area (Å²) in [7, 11) is 0. The molecule has 2 unspecified atom stereocenters. The standard InChI is InChI=1S/C7H13NO3/c1-4(8)5-2-3-6(11-5)7(9)10/h4-6H,2-3,8H2,1H3,(H,9,10)/t4?,5?,6-/m1/s1. The third kappa shape index (κ3) is 1.91. The summed E-state index contributed by atoms with van der Waals surface area (Å²) in [6, 6.07) is -0.0700. The predicted octanol–water partition coefficient (Wildman–Crippen LogP) is -0.0342. The molecule has 0 aromatic heterocycles. The first-order valence-electron chi connectivity index (χ1n) is 3.75. The number of ether oxygens (including phenoxy) is 1. The summed E-state index contributed by atoms with van der Waals surface area (Å²) >= 11 is 0. The van der Waals surface area contributed by atoms with E-state index in [2.05, 4.69) is 0 Å². The highest BCUT2D eigenvalue weighted by molar-refractivity contribution is 5.72. The van der Waals surface area contributed by atoms with Crippen molar-refractivity contribution < 1.29 is 14.6 Å². The fraction of sp³-hybridized carbons (Fsp3) is 0.857. The quantitative estimate of drug-likeness (QED) is 0.593. The predicted molar refractivity (Wildman–Crippen MR) is 39.2 cm³/mol. The molecule has 0 aliphatic carbocycles. The number of carbonyl (C=O) groups is 1. The summed E-state index contributed by atoms with van der Waals surface area (Å²) in [6.07, 6.45) is 0.637. The van der Waals surface area contributed by atoms with Gasteiger partial charge in [0.25, 0.3) is 0 Å². The molecule has 0 spiro atoms. The van der Waals surface area contributed by atoms with Crippen molar-refractivity contribution in [1.29, 1.82) is 0 Å². The normalized spacial score (nSPS) is 33.6. The molecule has 0 amide bonds. The summed E-state index contributed by atoms with van der Waals surface area (Å²) in [5.74, 6) is -0.881. The van der Waals surface area contributed by atoms with Crippen LogP contribution in [-0.4, -0.2) is 29.3 Å². The molecule has 0 bridgehead atoms. The zero-order chi connectivity index (χ0) is 8.43. The minimum atomic E-state index is -0.881. The Kier molecular flexibility index (Phi) is 2.46. The van der Waals surface area contributed by atoms with Gasteiger partial charge in [-0.15, -0.1) is 0 Å². The Morgan fingerprint density at radius 1 is 1.73 bits per heavy atom. The van der Waals surface area contributed by atoms with Crippen LogP contribution in [-0.2, 0) is 9.53 Å². The maximum absolute atomic E-state index is 10.4. The first kappa shape index (κ1) is 8.49. The first-order valence-corrected chi connectivity index (χ1v) is 3.75. The topological polar surface area (TPSA) is 72.6 Å². The smallest absolute Gasteiger partial charge is 0.332 e. The molecule has 64 valence electrons. The number of carboxylic acids is 1. The minimum Gasteiger partial charge on any atom is -0.479 e. The van der Waals surface area contributed by atoms with Crippen molar-refractivity contribution in [3.63, 3.8) is 0 Å². The van der Waals surface area contributed by atoms with Crippen LogP contribution in [0.3, 0.4) is 0 Å². The van der Waals surface area contributed by atoms with Crippen LogP contribution in [0, 0.1) is 0 Å². The van der Waals surface area contributed by atoms with Gasteiger partial charge < -0.3 is 15.6 Å². The third-order valence-electron chi connectivity index (χ3n) is 1.91. The highest BCUT2D eigenvalue weighted by Gasteiger charge is 2.31. The Morgan fingerprint density at radius 2 is 2.36 bits per heavy atom. The van der Waals surface area contributed by atoms with Gasteiger partial charge in [-0.25, -0.2) is 4.79 Å². The zero-order valence-corrected chi connectivity index (χ0v) is 6.49. The lowest BCUT2D eigenvalue weighted by molar-refractivity contribution is -0.149. The van der Waals surface area contributed by atoms with E-state index in [1.807, 2.05) is 6.92 Å². The van der Waals surface area contributed by atoms with E-state index in [9.17, 15) is 4.79 Å². The van der Waals surface area contributed by atoms with E-state index >= 15 is 0 Å². The molecule has 0 aromatic rings. The SMILES string of the molecule is CC(N)C1CC[C@H](C(=O)O)O1. The van der Waals surface area contributed by atoms with Gasteiger partial charge in [-0.1, -0.05) is 0 Å². The lowest BCUT2D eigenvalue weighted by Gasteiger charge is -2.13. The van der Waals surface area contributed by atoms with Gasteiger partial charge in [0.1, 0.15) is 0 Å². The molecule has 1 heterocycles. The first-order chi connectivity index (χ1) is 5.11. The highest BCUT2D eigenvalue weighted by atomic mass is 16.5. The lowest BCUT2D eigenvalue weighted by atomic mass is 10.1. The Balaban J connectivity index is 2.41. The molecule has 1 fully saturated rings. The van der Waals surface area contributed by atoms with E-state index in [4.69, 9.17) is 15.6 Å². The number of carboxylic acid groups (broad SMARTS) is 1. The van der Waals surface area contributed by atoms with E-state index in [-0.39, 0.29) is 12.1 Å². The van der Waals surface area contributed by atoms with Crippen molar-refractivity contribution in [2.45, 2.75) is 38.0 Å². The van der Waals surface area contributed by atoms with Gasteiger partial charge in [0, 0.05) is 6.04 Å². The average molecular weight is 159 g/mol. The third-order valence-corrected chi connectivity index (χ3v) is 1.91. The van der Waals surface area contributed by atoms with Crippen molar-refractivity contribution in [2.24, 2.45) is 5.73 Å². The second-order valence-electron chi connectivity index (χ2n) is 2.94. The monoisotopic (exact) mass is 159 g/mol. The van der Waals surface area contributed by atoms with Crippen LogP contribution in [0.2, 0.25) is 0 Å². The van der Waals surface area contributed by atoms with Crippen LogP contribution in [0.4, 0.5) is 0 Å². The van der Waals surface area contributed by atoms with E-state index in [1.54, 1.807) is 0 Å². The molecule has 1 aliphatic heterocycles. The van der Waals surface area contributed by atoms with E-state index in [0.717, 1.165) is 6.42 Å². The summed E-state index contributed by atoms with van der Waals surface area (Å²) in [5, 5.41) is 8.55. The number of nitrogens with two attached hydrogens (primary N) is 1. The van der Waals surface area contributed by atoms with Gasteiger partial charge in [0.15, 0.2) is 6.10 Å². The van der Waals surface area contributed by atoms with Gasteiger partial charge in [0.05, 0.1) is 6.10 Å². The fourth-order valence-corrected chi connectivity index (χ4v) is 1.23. The molecule has 1 saturated heterocycles. The molecule has 1 aliphatic rings. The van der Waals surface area contributed by atoms with Gasteiger partial charge >= 0.3 is 5.97 Å². The molecular weight excluding hydrogens is 146 g/mol. The molecule has 1 rings (SSSR count). The maximum atomic E-state index is 10.4. The zero-order valence-electron chi connectivity index (χ0n) is 6.49. The highest BCUT2D eigenvalue weighted by Crippen LogP contribution is 2.21. The van der Waals surface area contributed by atoms with Crippen LogP contribution in [0.25, 0.3) is 0 Å². The van der Waals surface area contributed by atoms with Gasteiger partial charge in [-0.2, -0.15) is 0 Å². The van der Waals surface area contributed by atoms with Crippen LogP contribution in [0.5, 0.6) is 0 Å². The van der Waals surface area contributed by atoms with Crippen LogP contribution < -0.4 is 5.73 Å². The van der Waals surface area contributed by atoms with Gasteiger partial charge in [-0.3, -0.25) is 0 Å². The second-order valence-corrected chi connectivity index (χ2v) is 2.94. The molecule has 3 atom stereocenters. The Bertz CT molecular complexity index is 158. The van der Waals surface area contributed by atoms with E-state index < -0.39 is 12.1 Å². The Hall–Kier alpha value is -0.610. The van der Waals surface area contributed by atoms with Crippen LogP contribution in [0.15, 0.2) is 0 Å². The van der Waals surface area contributed by atoms with Crippen LogP contribution >= 0.6 is 0 Å². The molecule has 11 heavy (non-hydrogen) atoms. The van der Waals surface area contributed by atoms with Gasteiger partial charge in [-0.05, 0) is 19.8 Å². The van der Waals surface area contributed by atoms with E-state index in [1.165, 1.54) is 0 Å². The molecular formula is C7H13NO3. The summed E-state index contributed by atoms with van der Waals surface area (Å²) in [5.41, 5.74) is 5.54. The molecule has 4 heteroatoms. The van der Waals surface area contributed by atoms with Crippen molar-refractivity contribution in [3.05, 3.63) is 0 Å². The fourth-order valence-electron chi connectivity index (χ4n) is 1.23. The maximum Gasteiger partial charge on any atom is 0.332 e. The number of aliphatic carboxylic acids is 1. The second kappa shape index (κ2) is 3.19. The minimum absolute atomic E-state index is 0.0700. The molecule has 4 nitrogen and oxygen atoms in total. The lowest BCUT2D eigenvalue weighted by Crippen LogP contribution is -2.32. The number of hydrogen-bond acceptors (Lipinski definition) is 3. The number of hydrogen-bond donors (Lipinski definition) is 2. The largest absolute Gasteiger partial charge is 0.479 e. The summed E-state index contributed by atoms with van der Waals surface area (Å²) in [6.45, 7) is 1.83. The van der Waals surface area contributed by atoms with Crippen molar-refractivity contribution in [2.75, 3.05) is 0 Å². The van der Waals surface area contributed by atoms with Crippen LogP contribution in [0.1, 0.15) is 19.8 Å². The molecule has 0 aromatic carbocycles. The van der Waals surface area contributed by atoms with Crippen molar-refractivity contribution in [1.82, 2.24) is 0 Å². The Morgan fingerprint density at radius 3 is 2.64 bits per heavy atom. The van der Waals surface area contributed by atoms with E-state index in [0.29, 0.717) is 6.42 Å². The molecule has 3 N–H and O–H groups in total. The summed E-state index contributed by atoms with van der Waals surface area (Å²) in [4.78, 5) is 10.4.